The van der Waals surface area contributed by atoms with Crippen molar-refractivity contribution in [2.24, 2.45) is 0 Å². The first kappa shape index (κ1) is 69.6. The molecule has 0 radical (unpaired) electrons. The van der Waals surface area contributed by atoms with Gasteiger partial charge in [-0.25, -0.2) is 14.4 Å². The SMILES string of the molecule is CC(CCC/C=C\CCCC(=O)OCCN(C(=O)OC(C)(C)C)[C@@H](C)CCC/C=C\CCCC(=O)OCc1ccccc1)N(CCOC(=O)CCC/C=C\CCC[C@H](C)N(CCO)C(=O)OC(C)(C)C)C(=O)OC(C)(C)C. The van der Waals surface area contributed by atoms with Gasteiger partial charge in [0, 0.05) is 43.9 Å². The number of nitrogens with zero attached hydrogens (tertiary/aromatic N) is 3. The zero-order chi connectivity index (χ0) is 57.7. The van der Waals surface area contributed by atoms with Crippen molar-refractivity contribution in [1.82, 2.24) is 14.7 Å². The molecule has 1 unspecified atom stereocenters. The van der Waals surface area contributed by atoms with Crippen molar-refractivity contribution in [3.8, 4) is 0 Å². The van der Waals surface area contributed by atoms with Gasteiger partial charge in [-0.15, -0.1) is 0 Å². The maximum absolute atomic E-state index is 13.2. The van der Waals surface area contributed by atoms with Crippen LogP contribution >= 0.6 is 0 Å². The van der Waals surface area contributed by atoms with E-state index in [4.69, 9.17) is 28.4 Å². The normalized spacial score (nSPS) is 13.3. The zero-order valence-corrected chi connectivity index (χ0v) is 49.4. The standard InChI is InChI=1S/C61H101N3O13/c1-49(62(42-45-65)56(69)75-59(4,5)6)34-26-19-13-16-22-31-39-53(66)72-46-43-63(57(70)76-60(7,8)9)50(2)35-27-20-14-17-23-32-40-54(67)73-47-44-64(58(71)77-61(10,11)12)51(3)36-28-21-15-18-24-33-41-55(68)74-48-52-37-29-25-30-38-52/h13-18,25,29-30,37-38,49-51,65H,19-24,26-28,31-36,39-48H2,1-12H3/b16-13-,17-14-,18-15-/t49-,50?,51-/m0/s1. The van der Waals surface area contributed by atoms with Crippen LogP contribution in [0.2, 0.25) is 0 Å². The molecule has 0 aliphatic carbocycles. The van der Waals surface area contributed by atoms with Crippen LogP contribution in [0.5, 0.6) is 0 Å². The van der Waals surface area contributed by atoms with E-state index in [-0.39, 0.29) is 94.9 Å². The minimum absolute atomic E-state index is 0.0654. The van der Waals surface area contributed by atoms with E-state index in [0.717, 1.165) is 69.8 Å². The molecule has 0 heterocycles. The molecule has 0 aliphatic rings. The average Bonchev–Trinajstić information content (AvgIpc) is 3.33. The Labute approximate surface area is 463 Å². The summed E-state index contributed by atoms with van der Waals surface area (Å²) in [6, 6.07) is 9.26. The van der Waals surface area contributed by atoms with E-state index in [1.165, 1.54) is 0 Å². The van der Waals surface area contributed by atoms with E-state index in [2.05, 4.69) is 36.5 Å². The highest BCUT2D eigenvalue weighted by Gasteiger charge is 2.28. The van der Waals surface area contributed by atoms with E-state index < -0.39 is 35.1 Å². The van der Waals surface area contributed by atoms with Crippen molar-refractivity contribution in [2.75, 3.05) is 39.5 Å². The van der Waals surface area contributed by atoms with Crippen LogP contribution in [0.4, 0.5) is 14.4 Å². The van der Waals surface area contributed by atoms with Gasteiger partial charge in [-0.05, 0) is 185 Å². The lowest BCUT2D eigenvalue weighted by molar-refractivity contribution is -0.145. The molecule has 0 saturated heterocycles. The number of esters is 3. The van der Waals surface area contributed by atoms with Crippen molar-refractivity contribution in [2.45, 2.75) is 240 Å². The molecule has 0 fully saturated rings. The van der Waals surface area contributed by atoms with Gasteiger partial charge in [-0.1, -0.05) is 66.8 Å². The fourth-order valence-corrected chi connectivity index (χ4v) is 7.88. The van der Waals surface area contributed by atoms with Crippen molar-refractivity contribution < 1.29 is 62.3 Å². The molecule has 0 bridgehead atoms. The third-order valence-electron chi connectivity index (χ3n) is 12.0. The second-order valence-corrected chi connectivity index (χ2v) is 22.8. The van der Waals surface area contributed by atoms with E-state index in [9.17, 15) is 33.9 Å². The summed E-state index contributed by atoms with van der Waals surface area (Å²) in [7, 11) is 0. The number of allylic oxidation sites excluding steroid dienone is 6. The number of hydrogen-bond acceptors (Lipinski definition) is 13. The number of amides is 3. The maximum atomic E-state index is 13.2. The zero-order valence-electron chi connectivity index (χ0n) is 49.4. The fraction of sp³-hybridized carbons (Fsp3) is 0.705. The number of hydrogen-bond donors (Lipinski definition) is 1. The molecule has 3 atom stereocenters. The molecule has 0 aromatic heterocycles. The molecule has 1 N–H and O–H groups in total. The van der Waals surface area contributed by atoms with Crippen LogP contribution in [-0.4, -0.2) is 130 Å². The Morgan fingerprint density at radius 3 is 1.06 bits per heavy atom. The molecular weight excluding hydrogens is 983 g/mol. The number of rotatable bonds is 37. The van der Waals surface area contributed by atoms with E-state index in [0.29, 0.717) is 38.5 Å². The van der Waals surface area contributed by atoms with Gasteiger partial charge < -0.3 is 48.2 Å². The van der Waals surface area contributed by atoms with Gasteiger partial charge in [0.1, 0.15) is 36.6 Å². The molecule has 0 aliphatic heterocycles. The topological polar surface area (TPSA) is 188 Å². The van der Waals surface area contributed by atoms with Gasteiger partial charge in [0.25, 0.3) is 0 Å². The van der Waals surface area contributed by atoms with Crippen LogP contribution in [-0.2, 0) is 49.4 Å². The summed E-state index contributed by atoms with van der Waals surface area (Å²) in [5.74, 6) is -0.840. The van der Waals surface area contributed by atoms with Crippen LogP contribution < -0.4 is 0 Å². The van der Waals surface area contributed by atoms with Gasteiger partial charge in [0.15, 0.2) is 0 Å². The number of aliphatic hydroxyl groups excluding tert-OH is 1. The fourth-order valence-electron chi connectivity index (χ4n) is 7.88. The molecule has 16 heteroatoms. The van der Waals surface area contributed by atoms with Gasteiger partial charge >= 0.3 is 36.2 Å². The summed E-state index contributed by atoms with van der Waals surface area (Å²) >= 11 is 0. The number of benzene rings is 1. The Kier molecular flexibility index (Phi) is 35.3. The largest absolute Gasteiger partial charge is 0.464 e. The van der Waals surface area contributed by atoms with Crippen molar-refractivity contribution in [3.05, 3.63) is 72.4 Å². The monoisotopic (exact) mass is 1080 g/mol. The van der Waals surface area contributed by atoms with Crippen LogP contribution in [0.1, 0.15) is 204 Å². The van der Waals surface area contributed by atoms with Crippen molar-refractivity contribution in [1.29, 1.82) is 0 Å². The third kappa shape index (κ3) is 37.1. The molecular formula is C61H101N3O13. The second-order valence-electron chi connectivity index (χ2n) is 22.8. The van der Waals surface area contributed by atoms with Gasteiger partial charge in [0.05, 0.1) is 19.7 Å². The first-order valence-electron chi connectivity index (χ1n) is 28.4. The molecule has 438 valence electrons. The van der Waals surface area contributed by atoms with E-state index >= 15 is 0 Å². The Bertz CT molecular complexity index is 1920. The summed E-state index contributed by atoms with van der Waals surface area (Å²) in [6.45, 7) is 23.2. The quantitative estimate of drug-likeness (QED) is 0.0287. The third-order valence-corrected chi connectivity index (χ3v) is 12.0. The summed E-state index contributed by atoms with van der Waals surface area (Å²) in [5, 5.41) is 9.45. The van der Waals surface area contributed by atoms with Crippen LogP contribution in [0.15, 0.2) is 66.8 Å². The van der Waals surface area contributed by atoms with Crippen LogP contribution in [0, 0.1) is 0 Å². The molecule has 1 rings (SSSR count). The second kappa shape index (κ2) is 39.1. The minimum Gasteiger partial charge on any atom is -0.464 e. The highest BCUT2D eigenvalue weighted by Crippen LogP contribution is 2.19. The Hall–Kier alpha value is -5.38. The van der Waals surface area contributed by atoms with Crippen LogP contribution in [0.3, 0.4) is 0 Å². The lowest BCUT2D eigenvalue weighted by Crippen LogP contribution is -2.44. The van der Waals surface area contributed by atoms with Gasteiger partial charge in [-0.2, -0.15) is 0 Å². The Balaban J connectivity index is 2.42. The Morgan fingerprint density at radius 2 is 0.753 bits per heavy atom. The minimum atomic E-state index is -0.683. The van der Waals surface area contributed by atoms with E-state index in [1.807, 2.05) is 113 Å². The Morgan fingerprint density at radius 1 is 0.455 bits per heavy atom. The summed E-state index contributed by atoms with van der Waals surface area (Å²) in [6.07, 6.45) is 23.4. The van der Waals surface area contributed by atoms with Gasteiger partial charge in [0.2, 0.25) is 0 Å². The number of carbonyl (C=O) groups excluding carboxylic acids is 6. The summed E-state index contributed by atoms with van der Waals surface area (Å²) in [5.41, 5.74) is -0.993. The van der Waals surface area contributed by atoms with Crippen LogP contribution in [0.25, 0.3) is 0 Å². The maximum Gasteiger partial charge on any atom is 0.410 e. The summed E-state index contributed by atoms with van der Waals surface area (Å²) < 4.78 is 33.3. The van der Waals surface area contributed by atoms with Crippen molar-refractivity contribution in [3.63, 3.8) is 0 Å². The number of carbonyl (C=O) groups is 6. The number of unbranched alkanes of at least 4 members (excludes halogenated alkanes) is 6. The predicted molar refractivity (Wildman–Crippen MR) is 303 cm³/mol. The highest BCUT2D eigenvalue weighted by atomic mass is 16.6. The highest BCUT2D eigenvalue weighted by molar-refractivity contribution is 5.71. The first-order valence-corrected chi connectivity index (χ1v) is 28.4. The first-order chi connectivity index (χ1) is 36.3. The van der Waals surface area contributed by atoms with Gasteiger partial charge in [-0.3, -0.25) is 14.4 Å². The molecule has 16 nitrogen and oxygen atoms in total. The molecule has 0 spiro atoms. The lowest BCUT2D eigenvalue weighted by atomic mass is 10.1. The lowest BCUT2D eigenvalue weighted by Gasteiger charge is -2.31. The van der Waals surface area contributed by atoms with Crippen molar-refractivity contribution >= 4 is 36.2 Å². The number of ether oxygens (including phenoxy) is 6. The molecule has 1 aromatic rings. The molecule has 77 heavy (non-hydrogen) atoms. The smallest absolute Gasteiger partial charge is 0.410 e. The molecule has 0 saturated carbocycles. The van der Waals surface area contributed by atoms with E-state index in [1.54, 1.807) is 14.7 Å². The molecule has 1 aromatic carbocycles. The summed E-state index contributed by atoms with van der Waals surface area (Å²) in [4.78, 5) is 81.1. The predicted octanol–water partition coefficient (Wildman–Crippen LogP) is 13.4. The number of aliphatic hydroxyl groups is 1. The molecule has 3 amide bonds. The average molecular weight is 1080 g/mol.